The summed E-state index contributed by atoms with van der Waals surface area (Å²) in [4.78, 5) is 28.4. The van der Waals surface area contributed by atoms with Gasteiger partial charge in [-0.1, -0.05) is 24.3 Å². The summed E-state index contributed by atoms with van der Waals surface area (Å²) in [6.45, 7) is 4.30. The number of hydrogen-bond donors (Lipinski definition) is 2. The van der Waals surface area contributed by atoms with Crippen molar-refractivity contribution in [2.24, 2.45) is 0 Å². The highest BCUT2D eigenvalue weighted by Crippen LogP contribution is 2.29. The van der Waals surface area contributed by atoms with Crippen LogP contribution in [0.3, 0.4) is 0 Å². The van der Waals surface area contributed by atoms with E-state index in [2.05, 4.69) is 15.6 Å². The Hall–Kier alpha value is -2.93. The fourth-order valence-electron chi connectivity index (χ4n) is 2.37. The smallest absolute Gasteiger partial charge is 0.257 e. The highest BCUT2D eigenvalue weighted by molar-refractivity contribution is 7.22. The molecule has 3 aromatic rings. The minimum absolute atomic E-state index is 0.0983. The van der Waals surface area contributed by atoms with E-state index in [-0.39, 0.29) is 11.8 Å². The van der Waals surface area contributed by atoms with Crippen molar-refractivity contribution in [1.82, 2.24) is 4.98 Å². The number of nitrogens with one attached hydrogen (secondary N) is 2. The minimum atomic E-state index is -0.276. The van der Waals surface area contributed by atoms with Crippen LogP contribution in [0.2, 0.25) is 0 Å². The standard InChI is InChI=1S/C19H19N3O3S/c1-3-17(23)20-13-7-5-6-12(10-13)18(24)22-19-21-15-9-8-14(25-4-2)11-16(15)26-19/h5-11H,3-4H2,1-2H3,(H,20,23)(H,21,22,24). The van der Waals surface area contributed by atoms with Gasteiger partial charge in [-0.2, -0.15) is 0 Å². The van der Waals surface area contributed by atoms with Crippen molar-refractivity contribution in [3.8, 4) is 5.75 Å². The van der Waals surface area contributed by atoms with Crippen molar-refractivity contribution < 1.29 is 14.3 Å². The number of nitrogens with zero attached hydrogens (tertiary/aromatic N) is 1. The maximum atomic E-state index is 12.5. The lowest BCUT2D eigenvalue weighted by molar-refractivity contribution is -0.115. The second kappa shape index (κ2) is 7.97. The first-order chi connectivity index (χ1) is 12.6. The Labute approximate surface area is 155 Å². The molecule has 0 bridgehead atoms. The zero-order valence-corrected chi connectivity index (χ0v) is 15.4. The normalized spacial score (nSPS) is 10.5. The van der Waals surface area contributed by atoms with Gasteiger partial charge < -0.3 is 10.1 Å². The predicted molar refractivity (Wildman–Crippen MR) is 104 cm³/mol. The molecule has 0 atom stereocenters. The van der Waals surface area contributed by atoms with Gasteiger partial charge in [0, 0.05) is 17.7 Å². The van der Waals surface area contributed by atoms with Crippen LogP contribution in [0.5, 0.6) is 5.75 Å². The van der Waals surface area contributed by atoms with E-state index in [1.54, 1.807) is 31.2 Å². The van der Waals surface area contributed by atoms with Crippen molar-refractivity contribution in [2.75, 3.05) is 17.2 Å². The van der Waals surface area contributed by atoms with Gasteiger partial charge in [0.15, 0.2) is 5.13 Å². The average Bonchev–Trinajstić information content (AvgIpc) is 3.03. The average molecular weight is 369 g/mol. The maximum absolute atomic E-state index is 12.5. The van der Waals surface area contributed by atoms with E-state index in [1.165, 1.54) is 11.3 Å². The molecule has 3 rings (SSSR count). The summed E-state index contributed by atoms with van der Waals surface area (Å²) >= 11 is 1.39. The molecule has 0 saturated heterocycles. The molecule has 0 aliphatic carbocycles. The van der Waals surface area contributed by atoms with Crippen molar-refractivity contribution in [1.29, 1.82) is 0 Å². The fraction of sp³-hybridized carbons (Fsp3) is 0.211. The van der Waals surface area contributed by atoms with Gasteiger partial charge in [0.2, 0.25) is 5.91 Å². The van der Waals surface area contributed by atoms with Crippen molar-refractivity contribution in [2.45, 2.75) is 20.3 Å². The predicted octanol–water partition coefficient (Wildman–Crippen LogP) is 4.30. The molecule has 1 heterocycles. The van der Waals surface area contributed by atoms with E-state index < -0.39 is 0 Å². The Morgan fingerprint density at radius 2 is 1.96 bits per heavy atom. The summed E-state index contributed by atoms with van der Waals surface area (Å²) < 4.78 is 6.42. The Morgan fingerprint density at radius 1 is 1.12 bits per heavy atom. The number of benzene rings is 2. The van der Waals surface area contributed by atoms with E-state index in [0.29, 0.717) is 29.4 Å². The first-order valence-corrected chi connectivity index (χ1v) is 9.15. The first kappa shape index (κ1) is 17.9. The molecule has 7 heteroatoms. The summed E-state index contributed by atoms with van der Waals surface area (Å²) in [5, 5.41) is 6.07. The third kappa shape index (κ3) is 4.18. The second-order valence-electron chi connectivity index (χ2n) is 5.52. The van der Waals surface area contributed by atoms with E-state index >= 15 is 0 Å². The molecule has 2 N–H and O–H groups in total. The highest BCUT2D eigenvalue weighted by Gasteiger charge is 2.11. The van der Waals surface area contributed by atoms with Gasteiger partial charge in [-0.15, -0.1) is 0 Å². The van der Waals surface area contributed by atoms with Crippen LogP contribution >= 0.6 is 11.3 Å². The molecule has 1 aromatic heterocycles. The molecule has 134 valence electrons. The van der Waals surface area contributed by atoms with Crippen LogP contribution < -0.4 is 15.4 Å². The molecular formula is C19H19N3O3S. The summed E-state index contributed by atoms with van der Waals surface area (Å²) in [6.07, 6.45) is 0.381. The number of fused-ring (bicyclic) bond motifs is 1. The maximum Gasteiger partial charge on any atom is 0.257 e. The van der Waals surface area contributed by atoms with Gasteiger partial charge in [0.05, 0.1) is 16.8 Å². The van der Waals surface area contributed by atoms with Crippen molar-refractivity contribution >= 4 is 44.2 Å². The molecule has 0 unspecified atom stereocenters. The molecule has 0 aliphatic heterocycles. The van der Waals surface area contributed by atoms with E-state index in [1.807, 2.05) is 25.1 Å². The number of carbonyl (C=O) groups excluding carboxylic acids is 2. The van der Waals surface area contributed by atoms with Gasteiger partial charge in [0.1, 0.15) is 5.75 Å². The Balaban J connectivity index is 1.76. The third-order valence-corrected chi connectivity index (χ3v) is 4.55. The first-order valence-electron chi connectivity index (χ1n) is 8.33. The largest absolute Gasteiger partial charge is 0.494 e. The topological polar surface area (TPSA) is 80.3 Å². The summed E-state index contributed by atoms with van der Waals surface area (Å²) in [6, 6.07) is 12.4. The van der Waals surface area contributed by atoms with Gasteiger partial charge in [-0.25, -0.2) is 4.98 Å². The zero-order chi connectivity index (χ0) is 18.5. The number of carbonyl (C=O) groups is 2. The molecule has 2 aromatic carbocycles. The molecule has 2 amide bonds. The van der Waals surface area contributed by atoms with Gasteiger partial charge in [-0.3, -0.25) is 14.9 Å². The lowest BCUT2D eigenvalue weighted by Crippen LogP contribution is -2.13. The number of amides is 2. The SMILES string of the molecule is CCOc1ccc2nc(NC(=O)c3cccc(NC(=O)CC)c3)sc2c1. The summed E-state index contributed by atoms with van der Waals surface area (Å²) in [7, 11) is 0. The number of anilines is 2. The van der Waals surface area contributed by atoms with Crippen LogP contribution in [0.25, 0.3) is 10.2 Å². The fourth-order valence-corrected chi connectivity index (χ4v) is 3.26. The molecule has 26 heavy (non-hydrogen) atoms. The van der Waals surface area contributed by atoms with Gasteiger partial charge >= 0.3 is 0 Å². The molecule has 0 saturated carbocycles. The number of thiazole rings is 1. The Bertz CT molecular complexity index is 952. The summed E-state index contributed by atoms with van der Waals surface area (Å²) in [5.74, 6) is 0.404. The quantitative estimate of drug-likeness (QED) is 0.679. The lowest BCUT2D eigenvalue weighted by atomic mass is 10.2. The third-order valence-electron chi connectivity index (χ3n) is 3.62. The molecule has 0 aliphatic rings. The number of hydrogen-bond acceptors (Lipinski definition) is 5. The number of rotatable bonds is 6. The molecule has 0 radical (unpaired) electrons. The van der Waals surface area contributed by atoms with Crippen LogP contribution in [0.1, 0.15) is 30.6 Å². The molecular weight excluding hydrogens is 350 g/mol. The van der Waals surface area contributed by atoms with Crippen LogP contribution in [0, 0.1) is 0 Å². The van der Waals surface area contributed by atoms with Crippen molar-refractivity contribution in [3.05, 3.63) is 48.0 Å². The minimum Gasteiger partial charge on any atom is -0.494 e. The van der Waals surface area contributed by atoms with Crippen molar-refractivity contribution in [3.63, 3.8) is 0 Å². The Kier molecular flexibility index (Phi) is 5.48. The van der Waals surface area contributed by atoms with Crippen LogP contribution in [-0.2, 0) is 4.79 Å². The van der Waals surface area contributed by atoms with E-state index in [9.17, 15) is 9.59 Å². The number of ether oxygens (including phenoxy) is 1. The molecule has 0 spiro atoms. The zero-order valence-electron chi connectivity index (χ0n) is 14.5. The van der Waals surface area contributed by atoms with Gasteiger partial charge in [-0.05, 0) is 43.3 Å². The van der Waals surface area contributed by atoms with Crippen LogP contribution in [-0.4, -0.2) is 23.4 Å². The second-order valence-corrected chi connectivity index (χ2v) is 6.55. The molecule has 0 fully saturated rings. The van der Waals surface area contributed by atoms with Gasteiger partial charge in [0.25, 0.3) is 5.91 Å². The highest BCUT2D eigenvalue weighted by atomic mass is 32.1. The number of aromatic nitrogens is 1. The van der Waals surface area contributed by atoms with Crippen LogP contribution in [0.15, 0.2) is 42.5 Å². The lowest BCUT2D eigenvalue weighted by Gasteiger charge is -2.06. The Morgan fingerprint density at radius 3 is 2.73 bits per heavy atom. The van der Waals surface area contributed by atoms with E-state index in [0.717, 1.165) is 16.0 Å². The van der Waals surface area contributed by atoms with Crippen LogP contribution in [0.4, 0.5) is 10.8 Å². The monoisotopic (exact) mass is 369 g/mol. The molecule has 6 nitrogen and oxygen atoms in total. The summed E-state index contributed by atoms with van der Waals surface area (Å²) in [5.41, 5.74) is 1.85. The van der Waals surface area contributed by atoms with E-state index in [4.69, 9.17) is 4.74 Å².